The van der Waals surface area contributed by atoms with Crippen LogP contribution in [0, 0.1) is 11.8 Å². The van der Waals surface area contributed by atoms with Crippen LogP contribution in [0.15, 0.2) is 67.0 Å². The predicted molar refractivity (Wildman–Crippen MR) is 108 cm³/mol. The lowest BCUT2D eigenvalue weighted by molar-refractivity contribution is 0.132. The molecule has 28 heavy (non-hydrogen) atoms. The molecular weight excluding hydrogens is 395 g/mol. The SMILES string of the molecule is O=C1N[C@H](c2cncc(C#Cc3ccccc3)c2)[C@H](c2cccc(Cl)c2Cl)O1. The van der Waals surface area contributed by atoms with E-state index in [9.17, 15) is 4.79 Å². The van der Waals surface area contributed by atoms with Gasteiger partial charge in [-0.1, -0.05) is 65.4 Å². The van der Waals surface area contributed by atoms with Crippen LogP contribution < -0.4 is 5.32 Å². The van der Waals surface area contributed by atoms with Crippen LogP contribution in [-0.4, -0.2) is 11.1 Å². The Labute approximate surface area is 172 Å². The highest BCUT2D eigenvalue weighted by atomic mass is 35.5. The molecule has 1 N–H and O–H groups in total. The summed E-state index contributed by atoms with van der Waals surface area (Å²) in [6.07, 6.45) is 2.22. The van der Waals surface area contributed by atoms with E-state index in [0.717, 1.165) is 16.7 Å². The van der Waals surface area contributed by atoms with Crippen molar-refractivity contribution in [2.45, 2.75) is 12.1 Å². The van der Waals surface area contributed by atoms with E-state index in [2.05, 4.69) is 22.1 Å². The van der Waals surface area contributed by atoms with E-state index >= 15 is 0 Å². The summed E-state index contributed by atoms with van der Waals surface area (Å²) in [7, 11) is 0. The number of rotatable bonds is 2. The number of alkyl carbamates (subject to hydrolysis) is 1. The van der Waals surface area contributed by atoms with Crippen LogP contribution in [0.3, 0.4) is 0 Å². The molecule has 0 radical (unpaired) electrons. The fraction of sp³-hybridized carbons (Fsp3) is 0.0909. The average molecular weight is 409 g/mol. The van der Waals surface area contributed by atoms with Gasteiger partial charge < -0.3 is 10.1 Å². The predicted octanol–water partition coefficient (Wildman–Crippen LogP) is 5.31. The van der Waals surface area contributed by atoms with E-state index in [0.29, 0.717) is 15.6 Å². The van der Waals surface area contributed by atoms with Gasteiger partial charge >= 0.3 is 6.09 Å². The van der Waals surface area contributed by atoms with E-state index < -0.39 is 18.2 Å². The van der Waals surface area contributed by atoms with Crippen LogP contribution in [0.5, 0.6) is 0 Å². The molecule has 0 saturated carbocycles. The molecule has 0 aliphatic carbocycles. The Morgan fingerprint density at radius 3 is 2.57 bits per heavy atom. The Kier molecular flexibility index (Phi) is 5.21. The molecular formula is C22H14Cl2N2O2. The van der Waals surface area contributed by atoms with Crippen LogP contribution in [0.2, 0.25) is 10.0 Å². The zero-order valence-corrected chi connectivity index (χ0v) is 16.0. The first-order valence-corrected chi connectivity index (χ1v) is 9.30. The summed E-state index contributed by atoms with van der Waals surface area (Å²) in [5.41, 5.74) is 3.05. The van der Waals surface area contributed by atoms with Gasteiger partial charge in [0.05, 0.1) is 10.0 Å². The molecule has 0 unspecified atom stereocenters. The monoisotopic (exact) mass is 408 g/mol. The van der Waals surface area contributed by atoms with Crippen molar-refractivity contribution in [1.82, 2.24) is 10.3 Å². The lowest BCUT2D eigenvalue weighted by atomic mass is 9.97. The second-order valence-corrected chi connectivity index (χ2v) is 7.00. The van der Waals surface area contributed by atoms with Gasteiger partial charge in [-0.05, 0) is 29.8 Å². The van der Waals surface area contributed by atoms with Crippen LogP contribution >= 0.6 is 23.2 Å². The Morgan fingerprint density at radius 2 is 1.75 bits per heavy atom. The Bertz CT molecular complexity index is 1090. The average Bonchev–Trinajstić information content (AvgIpc) is 3.11. The van der Waals surface area contributed by atoms with E-state index in [4.69, 9.17) is 27.9 Å². The summed E-state index contributed by atoms with van der Waals surface area (Å²) in [5, 5.41) is 3.58. The molecule has 4 rings (SSSR count). The van der Waals surface area contributed by atoms with Crippen molar-refractivity contribution in [3.8, 4) is 11.8 Å². The van der Waals surface area contributed by atoms with Crippen molar-refractivity contribution in [1.29, 1.82) is 0 Å². The number of halogens is 2. The number of carbonyl (C=O) groups is 1. The molecule has 2 atom stereocenters. The molecule has 2 heterocycles. The second kappa shape index (κ2) is 7.93. The van der Waals surface area contributed by atoms with E-state index in [1.807, 2.05) is 36.4 Å². The van der Waals surface area contributed by atoms with Gasteiger partial charge in [-0.2, -0.15) is 0 Å². The number of pyridine rings is 1. The molecule has 1 aromatic heterocycles. The lowest BCUT2D eigenvalue weighted by Gasteiger charge is -2.19. The van der Waals surface area contributed by atoms with Gasteiger partial charge in [0.15, 0.2) is 6.10 Å². The smallest absolute Gasteiger partial charge is 0.408 e. The number of carbonyl (C=O) groups excluding carboxylic acids is 1. The molecule has 1 saturated heterocycles. The summed E-state index contributed by atoms with van der Waals surface area (Å²) >= 11 is 12.5. The molecule has 1 amide bonds. The largest absolute Gasteiger partial charge is 0.439 e. The maximum atomic E-state index is 11.9. The lowest BCUT2D eigenvalue weighted by Crippen LogP contribution is -2.20. The Hall–Kier alpha value is -3.00. The third kappa shape index (κ3) is 3.82. The van der Waals surface area contributed by atoms with Crippen molar-refractivity contribution >= 4 is 29.3 Å². The maximum absolute atomic E-state index is 11.9. The number of nitrogens with one attached hydrogen (secondary N) is 1. The summed E-state index contributed by atoms with van der Waals surface area (Å²) in [4.78, 5) is 16.2. The molecule has 1 aliphatic rings. The van der Waals surface area contributed by atoms with Gasteiger partial charge in [-0.25, -0.2) is 4.79 Å². The number of hydrogen-bond donors (Lipinski definition) is 1. The molecule has 138 valence electrons. The topological polar surface area (TPSA) is 51.2 Å². The zero-order valence-electron chi connectivity index (χ0n) is 14.5. The van der Waals surface area contributed by atoms with Crippen LogP contribution in [0.25, 0.3) is 0 Å². The second-order valence-electron chi connectivity index (χ2n) is 6.21. The molecule has 1 fully saturated rings. The highest BCUT2D eigenvalue weighted by molar-refractivity contribution is 6.42. The highest BCUT2D eigenvalue weighted by Crippen LogP contribution is 2.41. The van der Waals surface area contributed by atoms with Gasteiger partial charge in [0.2, 0.25) is 0 Å². The fourth-order valence-corrected chi connectivity index (χ4v) is 3.44. The van der Waals surface area contributed by atoms with E-state index in [-0.39, 0.29) is 0 Å². The third-order valence-electron chi connectivity index (χ3n) is 4.34. The molecule has 3 aromatic rings. The number of amides is 1. The normalized spacial score (nSPS) is 18.0. The first-order valence-electron chi connectivity index (χ1n) is 8.55. The molecule has 1 aliphatic heterocycles. The van der Waals surface area contributed by atoms with Crippen molar-refractivity contribution in [2.24, 2.45) is 0 Å². The third-order valence-corrected chi connectivity index (χ3v) is 5.18. The molecule has 0 bridgehead atoms. The zero-order chi connectivity index (χ0) is 19.5. The van der Waals surface area contributed by atoms with E-state index in [1.54, 1.807) is 30.6 Å². The minimum absolute atomic E-state index is 0.364. The van der Waals surface area contributed by atoms with Gasteiger partial charge in [0, 0.05) is 29.1 Å². The van der Waals surface area contributed by atoms with Crippen LogP contribution in [0.1, 0.15) is 34.4 Å². The van der Waals surface area contributed by atoms with Crippen LogP contribution in [-0.2, 0) is 4.74 Å². The summed E-state index contributed by atoms with van der Waals surface area (Å²) in [6, 6.07) is 16.4. The van der Waals surface area contributed by atoms with Gasteiger partial charge in [-0.15, -0.1) is 0 Å². The first-order chi connectivity index (χ1) is 13.6. The first kappa shape index (κ1) is 18.4. The number of cyclic esters (lactones) is 1. The number of hydrogen-bond acceptors (Lipinski definition) is 3. The molecule has 2 aromatic carbocycles. The maximum Gasteiger partial charge on any atom is 0.408 e. The van der Waals surface area contributed by atoms with Gasteiger partial charge in [0.1, 0.15) is 6.04 Å². The van der Waals surface area contributed by atoms with Crippen molar-refractivity contribution < 1.29 is 9.53 Å². The number of nitrogens with zero attached hydrogens (tertiary/aromatic N) is 1. The quantitative estimate of drug-likeness (QED) is 0.584. The van der Waals surface area contributed by atoms with Gasteiger partial charge in [-0.3, -0.25) is 4.98 Å². The van der Waals surface area contributed by atoms with Crippen molar-refractivity contribution in [3.63, 3.8) is 0 Å². The minimum Gasteiger partial charge on any atom is -0.439 e. The fourth-order valence-electron chi connectivity index (χ4n) is 3.02. The molecule has 4 nitrogen and oxygen atoms in total. The Morgan fingerprint density at radius 1 is 0.964 bits per heavy atom. The standard InChI is InChI=1S/C22H14Cl2N2O2/c23-18-8-4-7-17(19(18)24)21-20(26-22(27)28-21)16-11-15(12-25-13-16)10-9-14-5-2-1-3-6-14/h1-8,11-13,20-21H,(H,26,27)/t20-,21+/m1/s1. The molecule has 0 spiro atoms. The summed E-state index contributed by atoms with van der Waals surface area (Å²) in [6.45, 7) is 0. The number of benzene rings is 2. The van der Waals surface area contributed by atoms with Crippen molar-refractivity contribution in [3.05, 3.63) is 99.3 Å². The summed E-state index contributed by atoms with van der Waals surface area (Å²) in [5.74, 6) is 6.20. The van der Waals surface area contributed by atoms with E-state index in [1.165, 1.54) is 0 Å². The minimum atomic E-state index is -0.613. The van der Waals surface area contributed by atoms with Crippen LogP contribution in [0.4, 0.5) is 4.79 Å². The Balaban J connectivity index is 1.67. The summed E-state index contributed by atoms with van der Waals surface area (Å²) < 4.78 is 5.46. The molecule has 6 heteroatoms. The van der Waals surface area contributed by atoms with Gasteiger partial charge in [0.25, 0.3) is 0 Å². The number of aromatic nitrogens is 1. The van der Waals surface area contributed by atoms with Crippen molar-refractivity contribution in [2.75, 3.05) is 0 Å². The highest BCUT2D eigenvalue weighted by Gasteiger charge is 2.38. The number of ether oxygens (including phenoxy) is 1.